The van der Waals surface area contributed by atoms with Gasteiger partial charge in [-0.15, -0.1) is 0 Å². The first-order valence-electron chi connectivity index (χ1n) is 13.0. The van der Waals surface area contributed by atoms with E-state index >= 15 is 0 Å². The SMILES string of the molecule is COC(=O)[C@H](Cc1ccc(OCc2ccccc2)c(OCc2ccccc2)c1)NC(=O)CCc1ccccc1. The summed E-state index contributed by atoms with van der Waals surface area (Å²) >= 11 is 0. The van der Waals surface area contributed by atoms with Gasteiger partial charge >= 0.3 is 5.97 Å². The minimum atomic E-state index is -0.823. The number of hydrogen-bond acceptors (Lipinski definition) is 5. The Balaban J connectivity index is 1.46. The summed E-state index contributed by atoms with van der Waals surface area (Å²) < 4.78 is 17.2. The molecule has 0 aliphatic carbocycles. The first kappa shape index (κ1) is 27.5. The van der Waals surface area contributed by atoms with Gasteiger partial charge in [0.25, 0.3) is 0 Å². The van der Waals surface area contributed by atoms with Gasteiger partial charge in [0.2, 0.25) is 5.91 Å². The van der Waals surface area contributed by atoms with Gasteiger partial charge in [0.1, 0.15) is 19.3 Å². The van der Waals surface area contributed by atoms with Gasteiger partial charge in [-0.25, -0.2) is 4.79 Å². The van der Waals surface area contributed by atoms with Crippen LogP contribution in [0.1, 0.15) is 28.7 Å². The Bertz CT molecular complexity index is 1330. The summed E-state index contributed by atoms with van der Waals surface area (Å²) in [6.07, 6.45) is 1.12. The molecule has 1 atom stereocenters. The molecule has 0 spiro atoms. The summed E-state index contributed by atoms with van der Waals surface area (Å²) in [7, 11) is 1.32. The van der Waals surface area contributed by atoms with Crippen LogP contribution in [-0.2, 0) is 40.4 Å². The number of carbonyl (C=O) groups is 2. The van der Waals surface area contributed by atoms with Crippen LogP contribution in [-0.4, -0.2) is 25.0 Å². The van der Waals surface area contributed by atoms with E-state index in [0.717, 1.165) is 22.3 Å². The monoisotopic (exact) mass is 523 g/mol. The van der Waals surface area contributed by atoms with E-state index in [0.29, 0.717) is 31.1 Å². The average molecular weight is 524 g/mol. The lowest BCUT2D eigenvalue weighted by Gasteiger charge is -2.19. The number of ether oxygens (including phenoxy) is 3. The molecule has 200 valence electrons. The van der Waals surface area contributed by atoms with Crippen molar-refractivity contribution in [3.8, 4) is 11.5 Å². The smallest absolute Gasteiger partial charge is 0.328 e. The van der Waals surface area contributed by atoms with Crippen molar-refractivity contribution in [1.82, 2.24) is 5.32 Å². The van der Waals surface area contributed by atoms with Crippen molar-refractivity contribution in [3.05, 3.63) is 131 Å². The third-order valence-corrected chi connectivity index (χ3v) is 6.23. The zero-order valence-corrected chi connectivity index (χ0v) is 22.0. The molecule has 0 unspecified atom stereocenters. The van der Waals surface area contributed by atoms with Crippen molar-refractivity contribution in [1.29, 1.82) is 0 Å². The maximum Gasteiger partial charge on any atom is 0.328 e. The number of benzene rings is 4. The zero-order chi connectivity index (χ0) is 27.3. The fourth-order valence-electron chi connectivity index (χ4n) is 4.12. The molecule has 39 heavy (non-hydrogen) atoms. The van der Waals surface area contributed by atoms with Crippen molar-refractivity contribution in [2.75, 3.05) is 7.11 Å². The first-order chi connectivity index (χ1) is 19.1. The fourth-order valence-corrected chi connectivity index (χ4v) is 4.12. The van der Waals surface area contributed by atoms with Gasteiger partial charge in [-0.3, -0.25) is 4.79 Å². The molecule has 4 aromatic rings. The Kier molecular flexibility index (Phi) is 10.1. The highest BCUT2D eigenvalue weighted by atomic mass is 16.5. The molecule has 6 nitrogen and oxygen atoms in total. The summed E-state index contributed by atoms with van der Waals surface area (Å²) in [6.45, 7) is 0.757. The minimum Gasteiger partial charge on any atom is -0.485 e. The van der Waals surface area contributed by atoms with E-state index < -0.39 is 12.0 Å². The molecule has 0 aliphatic rings. The van der Waals surface area contributed by atoms with Crippen molar-refractivity contribution >= 4 is 11.9 Å². The third kappa shape index (κ3) is 8.75. The molecule has 0 saturated carbocycles. The maximum atomic E-state index is 12.7. The molecule has 1 N–H and O–H groups in total. The Morgan fingerprint density at radius 2 is 1.21 bits per heavy atom. The number of esters is 1. The molecular formula is C33H33NO5. The predicted octanol–water partition coefficient (Wildman–Crippen LogP) is 5.68. The van der Waals surface area contributed by atoms with E-state index in [-0.39, 0.29) is 18.7 Å². The highest BCUT2D eigenvalue weighted by molar-refractivity contribution is 5.84. The molecule has 4 aromatic carbocycles. The number of amides is 1. The van der Waals surface area contributed by atoms with Crippen LogP contribution in [0.25, 0.3) is 0 Å². The van der Waals surface area contributed by atoms with E-state index in [1.807, 2.05) is 109 Å². The predicted molar refractivity (Wildman–Crippen MR) is 150 cm³/mol. The second-order valence-corrected chi connectivity index (χ2v) is 9.16. The van der Waals surface area contributed by atoms with Crippen LogP contribution < -0.4 is 14.8 Å². The van der Waals surface area contributed by atoms with Crippen molar-refractivity contribution in [2.24, 2.45) is 0 Å². The van der Waals surface area contributed by atoms with Gasteiger partial charge < -0.3 is 19.5 Å². The number of aryl methyl sites for hydroxylation is 1. The third-order valence-electron chi connectivity index (χ3n) is 6.23. The summed E-state index contributed by atoms with van der Waals surface area (Å²) in [5.74, 6) is 0.447. The van der Waals surface area contributed by atoms with Crippen LogP contribution in [0.2, 0.25) is 0 Å². The normalized spacial score (nSPS) is 11.3. The van der Waals surface area contributed by atoms with Crippen LogP contribution in [0, 0.1) is 0 Å². The van der Waals surface area contributed by atoms with Crippen molar-refractivity contribution in [3.63, 3.8) is 0 Å². The molecule has 0 aromatic heterocycles. The first-order valence-corrected chi connectivity index (χ1v) is 13.0. The molecule has 1 amide bonds. The molecule has 6 heteroatoms. The van der Waals surface area contributed by atoms with Crippen LogP contribution in [0.5, 0.6) is 11.5 Å². The van der Waals surface area contributed by atoms with E-state index in [9.17, 15) is 9.59 Å². The summed E-state index contributed by atoms with van der Waals surface area (Å²) in [6, 6.07) is 34.3. The summed E-state index contributed by atoms with van der Waals surface area (Å²) in [4.78, 5) is 25.2. The van der Waals surface area contributed by atoms with Gasteiger partial charge in [0.05, 0.1) is 7.11 Å². The standard InChI is InChI=1S/C33H33NO5/c1-37-33(36)29(34-32(35)20-18-25-11-5-2-6-12-25)21-28-17-19-30(38-23-26-13-7-3-8-14-26)31(22-28)39-24-27-15-9-4-10-16-27/h2-17,19,22,29H,18,20-21,23-24H2,1H3,(H,34,35)/t29-/m0/s1. The van der Waals surface area contributed by atoms with Crippen molar-refractivity contribution in [2.45, 2.75) is 38.5 Å². The van der Waals surface area contributed by atoms with E-state index in [1.54, 1.807) is 0 Å². The van der Waals surface area contributed by atoms with Gasteiger partial charge in [0.15, 0.2) is 11.5 Å². The average Bonchev–Trinajstić information content (AvgIpc) is 2.99. The second kappa shape index (κ2) is 14.4. The highest BCUT2D eigenvalue weighted by Crippen LogP contribution is 2.30. The minimum absolute atomic E-state index is 0.211. The highest BCUT2D eigenvalue weighted by Gasteiger charge is 2.23. The Morgan fingerprint density at radius 3 is 1.77 bits per heavy atom. The summed E-state index contributed by atoms with van der Waals surface area (Å²) in [5.41, 5.74) is 3.94. The molecular weight excluding hydrogens is 490 g/mol. The Hall–Kier alpha value is -4.58. The lowest BCUT2D eigenvalue weighted by atomic mass is 10.0. The number of nitrogens with one attached hydrogen (secondary N) is 1. The Labute approximate surface area is 229 Å². The quantitative estimate of drug-likeness (QED) is 0.228. The van der Waals surface area contributed by atoms with Crippen molar-refractivity contribution < 1.29 is 23.8 Å². The number of hydrogen-bond donors (Lipinski definition) is 1. The van der Waals surface area contributed by atoms with Gasteiger partial charge in [0, 0.05) is 12.8 Å². The maximum absolute atomic E-state index is 12.7. The Morgan fingerprint density at radius 1 is 0.667 bits per heavy atom. The van der Waals surface area contributed by atoms with Crippen LogP contribution in [0.4, 0.5) is 0 Å². The molecule has 0 heterocycles. The molecule has 4 rings (SSSR count). The van der Waals surface area contributed by atoms with E-state index in [4.69, 9.17) is 14.2 Å². The molecule has 0 aliphatic heterocycles. The second-order valence-electron chi connectivity index (χ2n) is 9.16. The number of rotatable bonds is 13. The van der Waals surface area contributed by atoms with Crippen LogP contribution >= 0.6 is 0 Å². The number of methoxy groups -OCH3 is 1. The van der Waals surface area contributed by atoms with Crippen LogP contribution in [0.15, 0.2) is 109 Å². The molecule has 0 saturated heterocycles. The largest absolute Gasteiger partial charge is 0.485 e. The molecule has 0 bridgehead atoms. The van der Waals surface area contributed by atoms with Gasteiger partial charge in [-0.1, -0.05) is 97.1 Å². The lowest BCUT2D eigenvalue weighted by Crippen LogP contribution is -2.43. The van der Waals surface area contributed by atoms with Gasteiger partial charge in [-0.05, 0) is 40.8 Å². The fraction of sp³-hybridized carbons (Fsp3) is 0.212. The number of carbonyl (C=O) groups excluding carboxylic acids is 2. The summed E-state index contributed by atoms with van der Waals surface area (Å²) in [5, 5.41) is 2.84. The molecule has 0 radical (unpaired) electrons. The lowest BCUT2D eigenvalue weighted by molar-refractivity contribution is -0.145. The molecule has 0 fully saturated rings. The van der Waals surface area contributed by atoms with Gasteiger partial charge in [-0.2, -0.15) is 0 Å². The topological polar surface area (TPSA) is 73.9 Å². The van der Waals surface area contributed by atoms with Crippen LogP contribution in [0.3, 0.4) is 0 Å². The zero-order valence-electron chi connectivity index (χ0n) is 22.0. The van der Waals surface area contributed by atoms with E-state index in [2.05, 4.69) is 5.32 Å². The van der Waals surface area contributed by atoms with E-state index in [1.165, 1.54) is 7.11 Å².